The Hall–Kier alpha value is -6.14. The van der Waals surface area contributed by atoms with Gasteiger partial charge in [0.05, 0.1) is 5.52 Å². The molecule has 45 heavy (non-hydrogen) atoms. The van der Waals surface area contributed by atoms with Gasteiger partial charge in [-0.3, -0.25) is 4.57 Å². The summed E-state index contributed by atoms with van der Waals surface area (Å²) in [6.45, 7) is 2.07. The molecule has 0 saturated heterocycles. The lowest BCUT2D eigenvalue weighted by atomic mass is 10.1. The number of furan rings is 1. The van der Waals surface area contributed by atoms with Crippen LogP contribution in [0.5, 0.6) is 0 Å². The first kappa shape index (κ1) is 25.4. The van der Waals surface area contributed by atoms with Gasteiger partial charge in [0.1, 0.15) is 16.8 Å². The summed E-state index contributed by atoms with van der Waals surface area (Å²) >= 11 is 0. The van der Waals surface area contributed by atoms with Crippen molar-refractivity contribution in [1.82, 2.24) is 24.5 Å². The molecule has 0 aliphatic carbocycles. The molecule has 0 radical (unpaired) electrons. The number of hydrogen-bond donors (Lipinski definition) is 0. The van der Waals surface area contributed by atoms with Crippen molar-refractivity contribution in [3.8, 4) is 39.9 Å². The van der Waals surface area contributed by atoms with Crippen LogP contribution in [0, 0.1) is 6.92 Å². The van der Waals surface area contributed by atoms with Crippen molar-refractivity contribution in [2.75, 3.05) is 0 Å². The highest BCUT2D eigenvalue weighted by atomic mass is 16.3. The van der Waals surface area contributed by atoms with E-state index in [1.807, 2.05) is 66.9 Å². The van der Waals surface area contributed by atoms with Crippen LogP contribution < -0.4 is 0 Å². The lowest BCUT2D eigenvalue weighted by Gasteiger charge is -2.09. The van der Waals surface area contributed by atoms with Crippen LogP contribution >= 0.6 is 0 Å². The van der Waals surface area contributed by atoms with Crippen molar-refractivity contribution in [2.24, 2.45) is 0 Å². The summed E-state index contributed by atoms with van der Waals surface area (Å²) in [6, 6.07) is 43.3. The molecule has 0 N–H and O–H groups in total. The lowest BCUT2D eigenvalue weighted by molar-refractivity contribution is 0.669. The van der Waals surface area contributed by atoms with Crippen LogP contribution in [0.15, 0.2) is 138 Å². The number of pyridine rings is 1. The van der Waals surface area contributed by atoms with Gasteiger partial charge in [-0.2, -0.15) is 0 Å². The molecule has 0 unspecified atom stereocenters. The molecule has 9 aromatic rings. The first-order valence-corrected chi connectivity index (χ1v) is 14.9. The normalized spacial score (nSPS) is 11.7. The smallest absolute Gasteiger partial charge is 0.164 e. The molecule has 0 aliphatic rings. The predicted molar refractivity (Wildman–Crippen MR) is 180 cm³/mol. The minimum Gasteiger partial charge on any atom is -0.456 e. The highest BCUT2D eigenvalue weighted by molar-refractivity contribution is 6.09. The third-order valence-electron chi connectivity index (χ3n) is 8.35. The Labute approximate surface area is 258 Å². The molecule has 0 amide bonds. The standard InChI is InChI=1S/C39H25N5O/c1-24-9-7-12-26(21-24)37-41-36(25-10-3-2-4-11-25)42-38(43-37)27-16-18-30-32-23-28(17-19-34(32)45-35(30)22-27)44-33-15-6-5-13-29(33)31-14-8-20-40-39(31)44/h2-23H,1H3. The van der Waals surface area contributed by atoms with Crippen LogP contribution in [0.2, 0.25) is 0 Å². The van der Waals surface area contributed by atoms with E-state index < -0.39 is 0 Å². The van der Waals surface area contributed by atoms with Crippen molar-refractivity contribution in [1.29, 1.82) is 0 Å². The maximum Gasteiger partial charge on any atom is 0.164 e. The summed E-state index contributed by atoms with van der Waals surface area (Å²) in [5.74, 6) is 1.86. The van der Waals surface area contributed by atoms with Gasteiger partial charge in [-0.25, -0.2) is 19.9 Å². The number of benzene rings is 5. The average Bonchev–Trinajstić information content (AvgIpc) is 3.63. The second-order valence-corrected chi connectivity index (χ2v) is 11.3. The minimum atomic E-state index is 0.597. The van der Waals surface area contributed by atoms with Crippen molar-refractivity contribution in [3.63, 3.8) is 0 Å². The summed E-state index contributed by atoms with van der Waals surface area (Å²) in [5, 5.41) is 4.38. The summed E-state index contributed by atoms with van der Waals surface area (Å²) in [5.41, 5.74) is 8.58. The van der Waals surface area contributed by atoms with Crippen molar-refractivity contribution in [3.05, 3.63) is 139 Å². The van der Waals surface area contributed by atoms with Crippen molar-refractivity contribution in [2.45, 2.75) is 6.92 Å². The molecule has 4 aromatic heterocycles. The fourth-order valence-corrected chi connectivity index (χ4v) is 6.24. The number of nitrogens with zero attached hydrogens (tertiary/aromatic N) is 5. The Kier molecular flexibility index (Phi) is 5.62. The van der Waals surface area contributed by atoms with Gasteiger partial charge in [0, 0.05) is 50.1 Å². The van der Waals surface area contributed by atoms with E-state index in [4.69, 9.17) is 24.4 Å². The third-order valence-corrected chi connectivity index (χ3v) is 8.35. The summed E-state index contributed by atoms with van der Waals surface area (Å²) in [6.07, 6.45) is 1.85. The van der Waals surface area contributed by atoms with Gasteiger partial charge >= 0.3 is 0 Å². The summed E-state index contributed by atoms with van der Waals surface area (Å²) in [7, 11) is 0. The zero-order chi connectivity index (χ0) is 29.9. The number of rotatable bonds is 4. The monoisotopic (exact) mass is 579 g/mol. The molecule has 212 valence electrons. The quantitative estimate of drug-likeness (QED) is 0.208. The number of fused-ring (bicyclic) bond motifs is 6. The van der Waals surface area contributed by atoms with E-state index in [1.165, 1.54) is 5.39 Å². The van der Waals surface area contributed by atoms with Gasteiger partial charge in [-0.15, -0.1) is 0 Å². The molecule has 0 atom stereocenters. The molecule has 0 spiro atoms. The fourth-order valence-electron chi connectivity index (χ4n) is 6.24. The highest BCUT2D eigenvalue weighted by Gasteiger charge is 2.17. The average molecular weight is 580 g/mol. The SMILES string of the molecule is Cc1cccc(-c2nc(-c3ccccc3)nc(-c3ccc4c(c3)oc3ccc(-n5c6ccccc6c6cccnc65)cc34)n2)c1. The second kappa shape index (κ2) is 9.96. The maximum atomic E-state index is 6.41. The van der Waals surface area contributed by atoms with E-state index in [1.54, 1.807) is 0 Å². The Morgan fingerprint density at radius 1 is 0.511 bits per heavy atom. The van der Waals surface area contributed by atoms with Crippen LogP contribution in [0.25, 0.3) is 83.7 Å². The summed E-state index contributed by atoms with van der Waals surface area (Å²) < 4.78 is 8.63. The Balaban J connectivity index is 1.20. The van der Waals surface area contributed by atoms with Gasteiger partial charge < -0.3 is 4.42 Å². The van der Waals surface area contributed by atoms with E-state index in [2.05, 4.69) is 78.2 Å². The number of aryl methyl sites for hydroxylation is 1. The van der Waals surface area contributed by atoms with Gasteiger partial charge in [-0.1, -0.05) is 78.4 Å². The largest absolute Gasteiger partial charge is 0.456 e. The summed E-state index contributed by atoms with van der Waals surface area (Å²) in [4.78, 5) is 19.5. The number of para-hydroxylation sites is 1. The van der Waals surface area contributed by atoms with Gasteiger partial charge in [-0.05, 0) is 61.5 Å². The van der Waals surface area contributed by atoms with E-state index >= 15 is 0 Å². The zero-order valence-electron chi connectivity index (χ0n) is 24.3. The maximum absolute atomic E-state index is 6.41. The Morgan fingerprint density at radius 3 is 2.09 bits per heavy atom. The van der Waals surface area contributed by atoms with Crippen LogP contribution in [0.4, 0.5) is 0 Å². The highest BCUT2D eigenvalue weighted by Crippen LogP contribution is 2.36. The molecule has 4 heterocycles. The van der Waals surface area contributed by atoms with Crippen LogP contribution in [0.1, 0.15) is 5.56 Å². The lowest BCUT2D eigenvalue weighted by Crippen LogP contribution is -2.00. The predicted octanol–water partition coefficient (Wildman–Crippen LogP) is 9.57. The minimum absolute atomic E-state index is 0.597. The van der Waals surface area contributed by atoms with Gasteiger partial charge in [0.2, 0.25) is 0 Å². The molecule has 6 heteroatoms. The molecule has 6 nitrogen and oxygen atoms in total. The van der Waals surface area contributed by atoms with Crippen molar-refractivity contribution >= 4 is 43.9 Å². The fraction of sp³-hybridized carbons (Fsp3) is 0.0256. The second-order valence-electron chi connectivity index (χ2n) is 11.3. The topological polar surface area (TPSA) is 69.6 Å². The molecular formula is C39H25N5O. The number of aromatic nitrogens is 5. The van der Waals surface area contributed by atoms with Crippen LogP contribution in [-0.4, -0.2) is 24.5 Å². The van der Waals surface area contributed by atoms with E-state index in [9.17, 15) is 0 Å². The molecule has 0 aliphatic heterocycles. The third kappa shape index (κ3) is 4.18. The van der Waals surface area contributed by atoms with E-state index in [0.29, 0.717) is 17.5 Å². The van der Waals surface area contributed by atoms with Crippen LogP contribution in [0.3, 0.4) is 0 Å². The van der Waals surface area contributed by atoms with Gasteiger partial charge in [0.15, 0.2) is 17.5 Å². The Bertz CT molecular complexity index is 2510. The van der Waals surface area contributed by atoms with Gasteiger partial charge in [0.25, 0.3) is 0 Å². The molecule has 9 rings (SSSR count). The Morgan fingerprint density at radius 2 is 1.24 bits per heavy atom. The first-order chi connectivity index (χ1) is 22.2. The molecule has 0 saturated carbocycles. The van der Waals surface area contributed by atoms with E-state index in [0.717, 1.165) is 66.4 Å². The molecule has 5 aromatic carbocycles. The molecular weight excluding hydrogens is 554 g/mol. The van der Waals surface area contributed by atoms with Crippen molar-refractivity contribution < 1.29 is 4.42 Å². The van der Waals surface area contributed by atoms with E-state index in [-0.39, 0.29) is 0 Å². The van der Waals surface area contributed by atoms with Crippen LogP contribution in [-0.2, 0) is 0 Å². The molecule has 0 bridgehead atoms. The number of hydrogen-bond acceptors (Lipinski definition) is 5. The first-order valence-electron chi connectivity index (χ1n) is 14.9. The molecule has 0 fully saturated rings. The zero-order valence-corrected chi connectivity index (χ0v) is 24.3.